The summed E-state index contributed by atoms with van der Waals surface area (Å²) >= 11 is 0. The van der Waals surface area contributed by atoms with E-state index in [1.54, 1.807) is 0 Å². The predicted octanol–water partition coefficient (Wildman–Crippen LogP) is 1.83. The first-order chi connectivity index (χ1) is 10.6. The molecule has 1 heterocycles. The van der Waals surface area contributed by atoms with Gasteiger partial charge in [0, 0.05) is 13.2 Å². The lowest BCUT2D eigenvalue weighted by Gasteiger charge is -2.07. The first kappa shape index (κ1) is 17.1. The highest BCUT2D eigenvalue weighted by Gasteiger charge is 2.24. The number of carbonyl (C=O) groups is 1. The summed E-state index contributed by atoms with van der Waals surface area (Å²) in [5.74, 6) is -2.74. The van der Waals surface area contributed by atoms with Gasteiger partial charge >= 0.3 is 0 Å². The van der Waals surface area contributed by atoms with Crippen LogP contribution >= 0.6 is 0 Å². The van der Waals surface area contributed by atoms with Crippen LogP contribution < -0.4 is 4.72 Å². The van der Waals surface area contributed by atoms with Gasteiger partial charge in [-0.05, 0) is 26.0 Å². The summed E-state index contributed by atoms with van der Waals surface area (Å²) in [6, 6.07) is 3.34. The van der Waals surface area contributed by atoms with E-state index in [0.717, 1.165) is 12.1 Å². The standard InChI is InChI=1S/C14H15F2N3O3S/c1-8(2)23(21,22)18-14(20)11-7-19(3)13(17-11)12-9(15)5-4-6-10(12)16/h4-8H,1-3H3,(H,18,20). The zero-order chi connectivity index (χ0) is 17.4. The van der Waals surface area contributed by atoms with Crippen molar-refractivity contribution in [3.8, 4) is 11.4 Å². The summed E-state index contributed by atoms with van der Waals surface area (Å²) in [6.07, 6.45) is 1.20. The van der Waals surface area contributed by atoms with Crippen molar-refractivity contribution in [3.63, 3.8) is 0 Å². The van der Waals surface area contributed by atoms with Crippen molar-refractivity contribution in [2.75, 3.05) is 0 Å². The van der Waals surface area contributed by atoms with Gasteiger partial charge < -0.3 is 4.57 Å². The Labute approximate surface area is 132 Å². The quantitative estimate of drug-likeness (QED) is 0.918. The highest BCUT2D eigenvalue weighted by molar-refractivity contribution is 7.90. The Morgan fingerprint density at radius 1 is 1.26 bits per heavy atom. The number of halogens is 2. The van der Waals surface area contributed by atoms with Crippen LogP contribution in [0.3, 0.4) is 0 Å². The second-order valence-electron chi connectivity index (χ2n) is 5.18. The van der Waals surface area contributed by atoms with Gasteiger partial charge in [-0.2, -0.15) is 0 Å². The monoisotopic (exact) mass is 343 g/mol. The molecule has 23 heavy (non-hydrogen) atoms. The van der Waals surface area contributed by atoms with Crippen molar-refractivity contribution in [2.45, 2.75) is 19.1 Å². The molecule has 1 amide bonds. The number of hydrogen-bond acceptors (Lipinski definition) is 4. The number of amides is 1. The number of carbonyl (C=O) groups excluding carboxylic acids is 1. The lowest BCUT2D eigenvalue weighted by atomic mass is 10.2. The smallest absolute Gasteiger partial charge is 0.284 e. The molecule has 0 atom stereocenters. The average Bonchev–Trinajstić information content (AvgIpc) is 2.80. The molecule has 0 spiro atoms. The fourth-order valence-electron chi connectivity index (χ4n) is 1.82. The zero-order valence-corrected chi connectivity index (χ0v) is 13.5. The molecule has 1 aromatic carbocycles. The number of benzene rings is 1. The number of hydrogen-bond donors (Lipinski definition) is 1. The van der Waals surface area contributed by atoms with E-state index in [1.807, 2.05) is 4.72 Å². The highest BCUT2D eigenvalue weighted by atomic mass is 32.2. The van der Waals surface area contributed by atoms with Crippen molar-refractivity contribution in [1.29, 1.82) is 0 Å². The molecular weight excluding hydrogens is 328 g/mol. The van der Waals surface area contributed by atoms with Crippen LogP contribution in [-0.4, -0.2) is 29.1 Å². The molecule has 0 fully saturated rings. The van der Waals surface area contributed by atoms with Crippen molar-refractivity contribution < 1.29 is 22.0 Å². The molecule has 0 bridgehead atoms. The maximum atomic E-state index is 13.8. The van der Waals surface area contributed by atoms with Gasteiger partial charge in [0.05, 0.1) is 10.8 Å². The highest BCUT2D eigenvalue weighted by Crippen LogP contribution is 2.24. The number of sulfonamides is 1. The Balaban J connectivity index is 2.41. The lowest BCUT2D eigenvalue weighted by molar-refractivity contribution is 0.0976. The molecule has 1 N–H and O–H groups in total. The summed E-state index contributed by atoms with van der Waals surface area (Å²) in [5.41, 5.74) is -0.643. The maximum absolute atomic E-state index is 13.8. The molecule has 0 radical (unpaired) electrons. The van der Waals surface area contributed by atoms with Crippen LogP contribution in [0.25, 0.3) is 11.4 Å². The van der Waals surface area contributed by atoms with Gasteiger partial charge in [0.2, 0.25) is 10.0 Å². The molecule has 0 unspecified atom stereocenters. The summed E-state index contributed by atoms with van der Waals surface area (Å²) in [5, 5.41) is -0.807. The molecule has 1 aromatic heterocycles. The number of imidazole rings is 1. The third-order valence-electron chi connectivity index (χ3n) is 3.15. The van der Waals surface area contributed by atoms with Crippen LogP contribution in [0, 0.1) is 11.6 Å². The zero-order valence-electron chi connectivity index (χ0n) is 12.7. The van der Waals surface area contributed by atoms with Crippen LogP contribution in [0.2, 0.25) is 0 Å². The van der Waals surface area contributed by atoms with Gasteiger partial charge in [-0.15, -0.1) is 0 Å². The van der Waals surface area contributed by atoms with Crippen molar-refractivity contribution in [2.24, 2.45) is 7.05 Å². The minimum atomic E-state index is -3.83. The minimum Gasteiger partial charge on any atom is -0.333 e. The Morgan fingerprint density at radius 3 is 2.35 bits per heavy atom. The number of nitrogens with one attached hydrogen (secondary N) is 1. The van der Waals surface area contributed by atoms with Gasteiger partial charge in [0.25, 0.3) is 5.91 Å². The predicted molar refractivity (Wildman–Crippen MR) is 80.1 cm³/mol. The van der Waals surface area contributed by atoms with Gasteiger partial charge in [0.15, 0.2) is 0 Å². The van der Waals surface area contributed by atoms with Crippen LogP contribution in [0.15, 0.2) is 24.4 Å². The number of rotatable bonds is 4. The van der Waals surface area contributed by atoms with E-state index in [4.69, 9.17) is 0 Å². The second-order valence-corrected chi connectivity index (χ2v) is 7.42. The van der Waals surface area contributed by atoms with Crippen LogP contribution in [0.4, 0.5) is 8.78 Å². The normalized spacial score (nSPS) is 11.7. The van der Waals surface area contributed by atoms with Gasteiger partial charge in [-0.1, -0.05) is 6.07 Å². The third-order valence-corrected chi connectivity index (χ3v) is 4.86. The topological polar surface area (TPSA) is 81.1 Å². The van der Waals surface area contributed by atoms with E-state index < -0.39 is 32.8 Å². The van der Waals surface area contributed by atoms with E-state index in [0.29, 0.717) is 0 Å². The van der Waals surface area contributed by atoms with Gasteiger partial charge in [-0.3, -0.25) is 4.79 Å². The molecule has 124 valence electrons. The summed E-state index contributed by atoms with van der Waals surface area (Å²) < 4.78 is 54.1. The van der Waals surface area contributed by atoms with E-state index in [1.165, 1.54) is 37.7 Å². The number of aryl methyl sites for hydroxylation is 1. The summed E-state index contributed by atoms with van der Waals surface area (Å²) in [7, 11) is -2.38. The Hall–Kier alpha value is -2.29. The molecule has 0 saturated carbocycles. The summed E-state index contributed by atoms with van der Waals surface area (Å²) in [4.78, 5) is 15.8. The average molecular weight is 343 g/mol. The maximum Gasteiger partial charge on any atom is 0.284 e. The third kappa shape index (κ3) is 3.39. The Morgan fingerprint density at radius 2 is 1.83 bits per heavy atom. The fraction of sp³-hybridized carbons (Fsp3) is 0.286. The molecule has 0 aliphatic rings. The minimum absolute atomic E-state index is 0.118. The van der Waals surface area contributed by atoms with Crippen LogP contribution in [-0.2, 0) is 17.1 Å². The van der Waals surface area contributed by atoms with Crippen LogP contribution in [0.5, 0.6) is 0 Å². The van der Waals surface area contributed by atoms with Gasteiger partial charge in [0.1, 0.15) is 23.2 Å². The van der Waals surface area contributed by atoms with Crippen molar-refractivity contribution in [1.82, 2.24) is 14.3 Å². The van der Waals surface area contributed by atoms with E-state index in [9.17, 15) is 22.0 Å². The SMILES string of the molecule is CC(C)S(=O)(=O)NC(=O)c1cn(C)c(-c2c(F)cccc2F)n1. The van der Waals surface area contributed by atoms with Gasteiger partial charge in [-0.25, -0.2) is 26.9 Å². The summed E-state index contributed by atoms with van der Waals surface area (Å²) in [6.45, 7) is 2.82. The molecule has 0 aliphatic heterocycles. The molecule has 2 rings (SSSR count). The Kier molecular flexibility index (Phi) is 4.51. The number of aromatic nitrogens is 2. The van der Waals surface area contributed by atoms with E-state index in [-0.39, 0.29) is 17.1 Å². The fourth-order valence-corrected chi connectivity index (χ4v) is 2.42. The lowest BCUT2D eigenvalue weighted by Crippen LogP contribution is -2.36. The first-order valence-corrected chi connectivity index (χ1v) is 8.22. The van der Waals surface area contributed by atoms with Crippen LogP contribution in [0.1, 0.15) is 24.3 Å². The molecule has 9 heteroatoms. The molecule has 6 nitrogen and oxygen atoms in total. The molecular formula is C14H15F2N3O3S. The van der Waals surface area contributed by atoms with Crippen molar-refractivity contribution in [3.05, 3.63) is 41.7 Å². The second kappa shape index (κ2) is 6.07. The van der Waals surface area contributed by atoms with E-state index in [2.05, 4.69) is 4.98 Å². The number of nitrogens with zero attached hydrogens (tertiary/aromatic N) is 2. The molecule has 0 aliphatic carbocycles. The van der Waals surface area contributed by atoms with Crippen molar-refractivity contribution >= 4 is 15.9 Å². The molecule has 2 aromatic rings. The first-order valence-electron chi connectivity index (χ1n) is 6.67. The van der Waals surface area contributed by atoms with E-state index >= 15 is 0 Å². The largest absolute Gasteiger partial charge is 0.333 e. The Bertz CT molecular complexity index is 840. The molecule has 0 saturated heterocycles.